The maximum atomic E-state index is 13.0. The Labute approximate surface area is 158 Å². The fourth-order valence-corrected chi connectivity index (χ4v) is 3.64. The van der Waals surface area contributed by atoms with Crippen LogP contribution >= 0.6 is 0 Å². The van der Waals surface area contributed by atoms with Crippen molar-refractivity contribution in [2.45, 2.75) is 13.0 Å². The predicted molar refractivity (Wildman–Crippen MR) is 104 cm³/mol. The van der Waals surface area contributed by atoms with Gasteiger partial charge >= 0.3 is 0 Å². The van der Waals surface area contributed by atoms with Crippen molar-refractivity contribution in [2.24, 2.45) is 5.92 Å². The lowest BCUT2D eigenvalue weighted by Crippen LogP contribution is -2.38. The molecule has 0 spiro atoms. The number of fused-ring (bicyclic) bond motifs is 2. The van der Waals surface area contributed by atoms with Gasteiger partial charge in [0.2, 0.25) is 5.91 Å². The maximum absolute atomic E-state index is 13.0. The van der Waals surface area contributed by atoms with E-state index in [4.69, 9.17) is 9.47 Å². The van der Waals surface area contributed by atoms with Gasteiger partial charge in [0.25, 0.3) is 0 Å². The number of benzene rings is 2. The van der Waals surface area contributed by atoms with E-state index in [1.54, 1.807) is 18.2 Å². The smallest absolute Gasteiger partial charge is 0.229 e. The summed E-state index contributed by atoms with van der Waals surface area (Å²) in [6, 6.07) is 15.7. The van der Waals surface area contributed by atoms with Crippen LogP contribution in [0.5, 0.6) is 11.5 Å². The van der Waals surface area contributed by atoms with Gasteiger partial charge in [0.1, 0.15) is 23.6 Å². The summed E-state index contributed by atoms with van der Waals surface area (Å²) in [4.78, 5) is 19.2. The van der Waals surface area contributed by atoms with Crippen LogP contribution in [0.3, 0.4) is 0 Å². The van der Waals surface area contributed by atoms with E-state index < -0.39 is 0 Å². The van der Waals surface area contributed by atoms with Crippen molar-refractivity contribution in [3.05, 3.63) is 65.9 Å². The highest BCUT2D eigenvalue weighted by Gasteiger charge is 2.28. The summed E-state index contributed by atoms with van der Waals surface area (Å²) >= 11 is 0. The predicted octanol–water partition coefficient (Wildman–Crippen LogP) is 3.45. The van der Waals surface area contributed by atoms with E-state index in [1.807, 2.05) is 55.6 Å². The number of rotatable bonds is 4. The average molecular weight is 362 g/mol. The monoisotopic (exact) mass is 362 g/mol. The van der Waals surface area contributed by atoms with Crippen molar-refractivity contribution < 1.29 is 14.3 Å². The lowest BCUT2D eigenvalue weighted by atomic mass is 9.95. The zero-order valence-electron chi connectivity index (χ0n) is 15.5. The summed E-state index contributed by atoms with van der Waals surface area (Å²) in [6.07, 6.45) is 2.46. The molecule has 0 saturated carbocycles. The van der Waals surface area contributed by atoms with Gasteiger partial charge in [-0.25, -0.2) is 0 Å². The summed E-state index contributed by atoms with van der Waals surface area (Å²) in [5.41, 5.74) is 2.95. The molecule has 0 fully saturated rings. The van der Waals surface area contributed by atoms with E-state index in [0.717, 1.165) is 33.5 Å². The molecule has 0 bridgehead atoms. The molecule has 1 aliphatic heterocycles. The van der Waals surface area contributed by atoms with Gasteiger partial charge in [0.05, 0.1) is 13.0 Å². The van der Waals surface area contributed by atoms with Crippen LogP contribution in [0, 0.1) is 5.92 Å². The van der Waals surface area contributed by atoms with Gasteiger partial charge in [-0.2, -0.15) is 0 Å². The largest absolute Gasteiger partial charge is 0.494 e. The molecule has 2 heterocycles. The Hall–Kier alpha value is -3.08. The van der Waals surface area contributed by atoms with Crippen molar-refractivity contribution in [3.63, 3.8) is 0 Å². The molecular formula is C22H22N2O3. The first-order valence-corrected chi connectivity index (χ1v) is 9.03. The van der Waals surface area contributed by atoms with Crippen molar-refractivity contribution in [3.8, 4) is 11.5 Å². The Morgan fingerprint density at radius 1 is 1.22 bits per heavy atom. The molecule has 4 rings (SSSR count). The topological polar surface area (TPSA) is 51.7 Å². The Bertz CT molecular complexity index is 986. The summed E-state index contributed by atoms with van der Waals surface area (Å²) in [5, 5.41) is 1.00. The molecule has 0 saturated heterocycles. The van der Waals surface area contributed by atoms with Crippen molar-refractivity contribution >= 4 is 16.8 Å². The maximum Gasteiger partial charge on any atom is 0.229 e. The molecule has 0 aliphatic carbocycles. The summed E-state index contributed by atoms with van der Waals surface area (Å²) in [7, 11) is 3.48. The minimum absolute atomic E-state index is 0.0948. The van der Waals surface area contributed by atoms with Gasteiger partial charge in [0, 0.05) is 25.2 Å². The molecule has 5 heteroatoms. The first-order chi connectivity index (χ1) is 13.2. The molecule has 1 amide bonds. The number of hydrogen-bond acceptors (Lipinski definition) is 4. The Kier molecular flexibility index (Phi) is 4.67. The standard InChI is InChI=1S/C22H22N2O3/c1-24(22(25)17-12-15-6-3-4-8-19(15)27-14-17)13-16-9-10-20(26-2)21-18(16)7-5-11-23-21/h3-11,17H,12-14H2,1-2H3. The number of ether oxygens (including phenoxy) is 2. The van der Waals surface area contributed by atoms with E-state index in [1.165, 1.54) is 0 Å². The van der Waals surface area contributed by atoms with E-state index >= 15 is 0 Å². The fourth-order valence-electron chi connectivity index (χ4n) is 3.64. The minimum Gasteiger partial charge on any atom is -0.494 e. The zero-order chi connectivity index (χ0) is 18.8. The second-order valence-corrected chi connectivity index (χ2v) is 6.84. The lowest BCUT2D eigenvalue weighted by Gasteiger charge is -2.28. The van der Waals surface area contributed by atoms with E-state index in [9.17, 15) is 4.79 Å². The van der Waals surface area contributed by atoms with Crippen LogP contribution in [0.1, 0.15) is 11.1 Å². The highest BCUT2D eigenvalue weighted by Crippen LogP contribution is 2.29. The number of hydrogen-bond donors (Lipinski definition) is 0. The number of amides is 1. The van der Waals surface area contributed by atoms with Crippen LogP contribution in [0.2, 0.25) is 0 Å². The van der Waals surface area contributed by atoms with Crippen LogP contribution in [0.15, 0.2) is 54.7 Å². The fraction of sp³-hybridized carbons (Fsp3) is 0.273. The van der Waals surface area contributed by atoms with Crippen molar-refractivity contribution in [1.29, 1.82) is 0 Å². The second-order valence-electron chi connectivity index (χ2n) is 6.84. The van der Waals surface area contributed by atoms with Gasteiger partial charge in [-0.05, 0) is 35.7 Å². The quantitative estimate of drug-likeness (QED) is 0.713. The van der Waals surface area contributed by atoms with E-state index in [2.05, 4.69) is 4.98 Å². The molecule has 0 N–H and O–H groups in total. The van der Waals surface area contributed by atoms with Crippen LogP contribution in [0.25, 0.3) is 10.9 Å². The molecule has 1 aliphatic rings. The van der Waals surface area contributed by atoms with Gasteiger partial charge in [-0.15, -0.1) is 0 Å². The summed E-state index contributed by atoms with van der Waals surface area (Å²) < 4.78 is 11.2. The number of pyridine rings is 1. The third kappa shape index (κ3) is 3.33. The molecule has 1 unspecified atom stereocenters. The van der Waals surface area contributed by atoms with Crippen LogP contribution in [0.4, 0.5) is 0 Å². The molecule has 1 atom stereocenters. The molecule has 3 aromatic rings. The van der Waals surface area contributed by atoms with Gasteiger partial charge in [-0.1, -0.05) is 30.3 Å². The molecule has 5 nitrogen and oxygen atoms in total. The Morgan fingerprint density at radius 2 is 2.07 bits per heavy atom. The molecule has 2 aromatic carbocycles. The Morgan fingerprint density at radius 3 is 2.93 bits per heavy atom. The average Bonchev–Trinajstić information content (AvgIpc) is 2.73. The summed E-state index contributed by atoms with van der Waals surface area (Å²) in [6.45, 7) is 0.939. The molecule has 1 aromatic heterocycles. The number of para-hydroxylation sites is 1. The zero-order valence-corrected chi connectivity index (χ0v) is 15.5. The Balaban J connectivity index is 1.54. The highest BCUT2D eigenvalue weighted by atomic mass is 16.5. The third-order valence-corrected chi connectivity index (χ3v) is 5.05. The number of nitrogens with zero attached hydrogens (tertiary/aromatic N) is 2. The molecule has 0 radical (unpaired) electrons. The number of methoxy groups -OCH3 is 1. The van der Waals surface area contributed by atoms with Gasteiger partial charge in [-0.3, -0.25) is 9.78 Å². The molecule has 138 valence electrons. The SMILES string of the molecule is COc1ccc(CN(C)C(=O)C2COc3ccccc3C2)c2cccnc12. The lowest BCUT2D eigenvalue weighted by molar-refractivity contribution is -0.136. The molecule has 27 heavy (non-hydrogen) atoms. The van der Waals surface area contributed by atoms with Crippen molar-refractivity contribution in [2.75, 3.05) is 20.8 Å². The summed E-state index contributed by atoms with van der Waals surface area (Å²) in [5.74, 6) is 1.56. The van der Waals surface area contributed by atoms with Crippen LogP contribution in [-0.2, 0) is 17.8 Å². The van der Waals surface area contributed by atoms with Crippen LogP contribution in [-0.4, -0.2) is 36.6 Å². The minimum atomic E-state index is -0.160. The van der Waals surface area contributed by atoms with E-state index in [0.29, 0.717) is 19.6 Å². The third-order valence-electron chi connectivity index (χ3n) is 5.05. The number of carbonyl (C=O) groups excluding carboxylic acids is 1. The van der Waals surface area contributed by atoms with Gasteiger partial charge < -0.3 is 14.4 Å². The normalized spacial score (nSPS) is 15.7. The van der Waals surface area contributed by atoms with Crippen LogP contribution < -0.4 is 9.47 Å². The number of carbonyl (C=O) groups is 1. The first-order valence-electron chi connectivity index (χ1n) is 9.03. The second kappa shape index (κ2) is 7.27. The van der Waals surface area contributed by atoms with Gasteiger partial charge in [0.15, 0.2) is 0 Å². The number of aromatic nitrogens is 1. The first kappa shape index (κ1) is 17.3. The van der Waals surface area contributed by atoms with Crippen molar-refractivity contribution in [1.82, 2.24) is 9.88 Å². The highest BCUT2D eigenvalue weighted by molar-refractivity contribution is 5.88. The molecular weight excluding hydrogens is 340 g/mol. The van der Waals surface area contributed by atoms with E-state index in [-0.39, 0.29) is 11.8 Å².